The zero-order chi connectivity index (χ0) is 28.0. The highest BCUT2D eigenvalue weighted by molar-refractivity contribution is 5.16. The van der Waals surface area contributed by atoms with E-state index in [0.717, 1.165) is 22.3 Å². The molecule has 0 N–H and O–H groups in total. The molecule has 0 bridgehead atoms. The SMILES string of the molecule is c1ccc(COC[C@@H]2OCO[C@@H](COCc3ccccc3)[C@@H](OCc3ccccc3)[C@H]2OCc2ccccc2)cc1. The van der Waals surface area contributed by atoms with E-state index in [0.29, 0.717) is 39.6 Å². The molecule has 214 valence electrons. The van der Waals surface area contributed by atoms with Crippen molar-refractivity contribution in [3.63, 3.8) is 0 Å². The summed E-state index contributed by atoms with van der Waals surface area (Å²) in [5.41, 5.74) is 4.34. The lowest BCUT2D eigenvalue weighted by molar-refractivity contribution is -0.159. The fourth-order valence-corrected chi connectivity index (χ4v) is 4.78. The third-order valence-electron chi connectivity index (χ3n) is 6.98. The zero-order valence-corrected chi connectivity index (χ0v) is 23.3. The Hall–Kier alpha value is -3.36. The summed E-state index contributed by atoms with van der Waals surface area (Å²) >= 11 is 0. The van der Waals surface area contributed by atoms with Crippen molar-refractivity contribution in [3.8, 4) is 0 Å². The summed E-state index contributed by atoms with van der Waals surface area (Å²) in [7, 11) is 0. The Kier molecular flexibility index (Phi) is 11.5. The average Bonchev–Trinajstić information content (AvgIpc) is 3.19. The van der Waals surface area contributed by atoms with Crippen LogP contribution in [-0.2, 0) is 54.8 Å². The fraction of sp³-hybridized carbons (Fsp3) is 0.314. The molecule has 1 fully saturated rings. The number of ether oxygens (including phenoxy) is 6. The van der Waals surface area contributed by atoms with Crippen molar-refractivity contribution >= 4 is 0 Å². The van der Waals surface area contributed by atoms with E-state index < -0.39 is 24.4 Å². The Morgan fingerprint density at radius 2 is 0.756 bits per heavy atom. The fourth-order valence-electron chi connectivity index (χ4n) is 4.78. The maximum Gasteiger partial charge on any atom is 0.147 e. The first-order valence-electron chi connectivity index (χ1n) is 14.1. The van der Waals surface area contributed by atoms with Crippen LogP contribution in [0.4, 0.5) is 0 Å². The van der Waals surface area contributed by atoms with Crippen molar-refractivity contribution in [2.45, 2.75) is 50.8 Å². The molecule has 1 aliphatic rings. The summed E-state index contributed by atoms with van der Waals surface area (Å²) in [6.07, 6.45) is -1.71. The van der Waals surface area contributed by atoms with Crippen LogP contribution in [0.1, 0.15) is 22.3 Å². The molecule has 41 heavy (non-hydrogen) atoms. The predicted octanol–water partition coefficient (Wildman–Crippen LogP) is 6.33. The van der Waals surface area contributed by atoms with E-state index in [4.69, 9.17) is 28.4 Å². The second kappa shape index (κ2) is 16.2. The second-order valence-corrected chi connectivity index (χ2v) is 10.1. The van der Waals surface area contributed by atoms with E-state index in [2.05, 4.69) is 24.3 Å². The zero-order valence-electron chi connectivity index (χ0n) is 23.3. The van der Waals surface area contributed by atoms with Crippen LogP contribution in [0.15, 0.2) is 121 Å². The van der Waals surface area contributed by atoms with Gasteiger partial charge < -0.3 is 28.4 Å². The summed E-state index contributed by atoms with van der Waals surface area (Å²) in [6, 6.07) is 40.5. The minimum Gasteiger partial charge on any atom is -0.374 e. The molecular formula is C35H38O6. The second-order valence-electron chi connectivity index (χ2n) is 10.1. The van der Waals surface area contributed by atoms with Crippen LogP contribution in [-0.4, -0.2) is 44.4 Å². The van der Waals surface area contributed by atoms with Crippen molar-refractivity contribution in [2.75, 3.05) is 20.0 Å². The van der Waals surface area contributed by atoms with Gasteiger partial charge in [0.15, 0.2) is 0 Å². The molecule has 6 nitrogen and oxygen atoms in total. The lowest BCUT2D eigenvalue weighted by Gasteiger charge is -2.33. The van der Waals surface area contributed by atoms with Crippen LogP contribution in [0.25, 0.3) is 0 Å². The standard InChI is InChI=1S/C35H38O6/c1-5-13-28(14-6-1)21-36-25-32-34(38-23-30-17-9-3-10-18-30)35(39-24-31-19-11-4-12-20-31)33(41-27-40-32)26-37-22-29-15-7-2-8-16-29/h1-20,32-35H,21-27H2/t32-,33-,34-,35+/m0/s1. The Balaban J connectivity index is 1.33. The molecule has 0 radical (unpaired) electrons. The number of hydrogen-bond acceptors (Lipinski definition) is 6. The van der Waals surface area contributed by atoms with E-state index in [-0.39, 0.29) is 6.79 Å². The monoisotopic (exact) mass is 554 g/mol. The van der Waals surface area contributed by atoms with Gasteiger partial charge in [0.05, 0.1) is 39.6 Å². The molecule has 5 rings (SSSR count). The molecule has 0 aromatic heterocycles. The van der Waals surface area contributed by atoms with Crippen LogP contribution in [0.5, 0.6) is 0 Å². The highest BCUT2D eigenvalue weighted by atomic mass is 16.7. The van der Waals surface area contributed by atoms with Gasteiger partial charge in [0.1, 0.15) is 31.2 Å². The van der Waals surface area contributed by atoms with Gasteiger partial charge in [-0.2, -0.15) is 0 Å². The Morgan fingerprint density at radius 3 is 1.10 bits per heavy atom. The topological polar surface area (TPSA) is 55.4 Å². The van der Waals surface area contributed by atoms with Gasteiger partial charge in [-0.1, -0.05) is 121 Å². The molecule has 0 spiro atoms. The molecule has 4 atom stereocenters. The van der Waals surface area contributed by atoms with Crippen LogP contribution in [0.3, 0.4) is 0 Å². The number of benzene rings is 4. The van der Waals surface area contributed by atoms with Crippen molar-refractivity contribution in [1.82, 2.24) is 0 Å². The van der Waals surface area contributed by atoms with Gasteiger partial charge in [-0.05, 0) is 22.3 Å². The van der Waals surface area contributed by atoms with Crippen LogP contribution in [0.2, 0.25) is 0 Å². The molecule has 1 aliphatic heterocycles. The van der Waals surface area contributed by atoms with Gasteiger partial charge in [-0.25, -0.2) is 0 Å². The van der Waals surface area contributed by atoms with Gasteiger partial charge in [0, 0.05) is 0 Å². The van der Waals surface area contributed by atoms with Crippen molar-refractivity contribution in [3.05, 3.63) is 144 Å². The summed E-state index contributed by atoms with van der Waals surface area (Å²) in [5, 5.41) is 0. The van der Waals surface area contributed by atoms with Crippen molar-refractivity contribution < 1.29 is 28.4 Å². The summed E-state index contributed by atoms with van der Waals surface area (Å²) in [4.78, 5) is 0. The minimum atomic E-state index is -0.456. The molecule has 4 aromatic rings. The lowest BCUT2D eigenvalue weighted by atomic mass is 10.0. The highest BCUT2D eigenvalue weighted by Crippen LogP contribution is 2.25. The number of hydrogen-bond donors (Lipinski definition) is 0. The molecule has 6 heteroatoms. The third kappa shape index (κ3) is 9.33. The van der Waals surface area contributed by atoms with Gasteiger partial charge in [-0.3, -0.25) is 0 Å². The first-order valence-corrected chi connectivity index (χ1v) is 14.1. The molecule has 0 amide bonds. The normalized spacial score (nSPS) is 20.9. The van der Waals surface area contributed by atoms with Gasteiger partial charge >= 0.3 is 0 Å². The third-order valence-corrected chi connectivity index (χ3v) is 6.98. The smallest absolute Gasteiger partial charge is 0.147 e. The number of rotatable bonds is 14. The van der Waals surface area contributed by atoms with E-state index in [1.807, 2.05) is 97.1 Å². The molecule has 4 aromatic carbocycles. The van der Waals surface area contributed by atoms with E-state index in [1.54, 1.807) is 0 Å². The minimum absolute atomic E-state index is 0.0924. The quantitative estimate of drug-likeness (QED) is 0.182. The van der Waals surface area contributed by atoms with Crippen LogP contribution >= 0.6 is 0 Å². The van der Waals surface area contributed by atoms with E-state index in [1.165, 1.54) is 0 Å². The maximum atomic E-state index is 6.59. The average molecular weight is 555 g/mol. The predicted molar refractivity (Wildman–Crippen MR) is 157 cm³/mol. The summed E-state index contributed by atoms with van der Waals surface area (Å²) in [5.74, 6) is 0. The van der Waals surface area contributed by atoms with Gasteiger partial charge in [-0.15, -0.1) is 0 Å². The van der Waals surface area contributed by atoms with Gasteiger partial charge in [0.2, 0.25) is 0 Å². The molecular weight excluding hydrogens is 516 g/mol. The summed E-state index contributed by atoms with van der Waals surface area (Å²) < 4.78 is 37.9. The largest absolute Gasteiger partial charge is 0.374 e. The van der Waals surface area contributed by atoms with Gasteiger partial charge in [0.25, 0.3) is 0 Å². The molecule has 0 unspecified atom stereocenters. The van der Waals surface area contributed by atoms with Crippen molar-refractivity contribution in [1.29, 1.82) is 0 Å². The molecule has 0 saturated carbocycles. The summed E-state index contributed by atoms with van der Waals surface area (Å²) in [6.45, 7) is 2.54. The molecule has 1 saturated heterocycles. The first kappa shape index (κ1) is 29.1. The van der Waals surface area contributed by atoms with E-state index >= 15 is 0 Å². The molecule has 0 aliphatic carbocycles. The Bertz CT molecular complexity index is 1140. The van der Waals surface area contributed by atoms with Crippen LogP contribution < -0.4 is 0 Å². The lowest BCUT2D eigenvalue weighted by Crippen LogP contribution is -2.49. The van der Waals surface area contributed by atoms with E-state index in [9.17, 15) is 0 Å². The Labute approximate surface area is 242 Å². The van der Waals surface area contributed by atoms with Crippen molar-refractivity contribution in [2.24, 2.45) is 0 Å². The molecule has 1 heterocycles. The Morgan fingerprint density at radius 1 is 0.439 bits per heavy atom. The van der Waals surface area contributed by atoms with Crippen LogP contribution in [0, 0.1) is 0 Å². The highest BCUT2D eigenvalue weighted by Gasteiger charge is 2.41. The first-order chi connectivity index (χ1) is 20.3. The maximum absolute atomic E-state index is 6.59.